The highest BCUT2D eigenvalue weighted by molar-refractivity contribution is 8.00. The van der Waals surface area contributed by atoms with Gasteiger partial charge in [0.25, 0.3) is 0 Å². The average molecular weight is 280 g/mol. The number of rotatable bonds is 3. The van der Waals surface area contributed by atoms with E-state index in [1.54, 1.807) is 0 Å². The number of thioether (sulfide) groups is 1. The molecule has 0 unspecified atom stereocenters. The summed E-state index contributed by atoms with van der Waals surface area (Å²) in [6, 6.07) is 0.899. The largest absolute Gasteiger partial charge is 0.446 e. The highest BCUT2D eigenvalue weighted by Crippen LogP contribution is 2.43. The second-order valence-corrected chi connectivity index (χ2v) is 3.72. The Morgan fingerprint density at radius 1 is 1.12 bits per heavy atom. The van der Waals surface area contributed by atoms with Crippen LogP contribution in [0.2, 0.25) is 0 Å². The molecule has 0 atom stereocenters. The molecule has 0 aliphatic rings. The molecule has 1 aromatic carbocycles. The van der Waals surface area contributed by atoms with Crippen LogP contribution in [0.4, 0.5) is 30.7 Å². The van der Waals surface area contributed by atoms with Crippen molar-refractivity contribution in [2.24, 2.45) is 0 Å². The molecule has 0 aliphatic heterocycles. The molecule has 1 aromatic rings. The highest BCUT2D eigenvalue weighted by atomic mass is 32.2. The van der Waals surface area contributed by atoms with E-state index in [4.69, 9.17) is 0 Å². The third kappa shape index (κ3) is 3.99. The van der Waals surface area contributed by atoms with Gasteiger partial charge in [-0.15, -0.1) is 0 Å². The molecule has 96 valence electrons. The van der Waals surface area contributed by atoms with Crippen LogP contribution >= 0.6 is 11.8 Å². The molecule has 1 nitrogen and oxygen atoms in total. The molecule has 0 aromatic heterocycles. The van der Waals surface area contributed by atoms with Crippen molar-refractivity contribution in [2.75, 3.05) is 0 Å². The third-order valence-corrected chi connectivity index (χ3v) is 2.22. The minimum Gasteiger partial charge on any atom is -0.430 e. The summed E-state index contributed by atoms with van der Waals surface area (Å²) in [5, 5.41) is 0. The first kappa shape index (κ1) is 13.9. The zero-order valence-corrected chi connectivity index (χ0v) is 8.51. The number of benzene rings is 1. The van der Waals surface area contributed by atoms with Crippen molar-refractivity contribution in [3.05, 3.63) is 23.8 Å². The second-order valence-electron chi connectivity index (χ2n) is 2.61. The van der Waals surface area contributed by atoms with E-state index in [9.17, 15) is 30.7 Å². The Kier molecular flexibility index (Phi) is 4.12. The van der Waals surface area contributed by atoms with Crippen molar-refractivity contribution in [1.82, 2.24) is 0 Å². The maximum Gasteiger partial charge on any atom is 0.446 e. The minimum absolute atomic E-state index is 0.391. The maximum atomic E-state index is 13.0. The van der Waals surface area contributed by atoms with Crippen LogP contribution in [0, 0.1) is 11.6 Å². The third-order valence-electron chi connectivity index (χ3n) is 1.45. The summed E-state index contributed by atoms with van der Waals surface area (Å²) in [4.78, 5) is -0.975. The molecule has 0 aliphatic carbocycles. The summed E-state index contributed by atoms with van der Waals surface area (Å²) >= 11 is -0.873. The van der Waals surface area contributed by atoms with E-state index in [-0.39, 0.29) is 0 Å². The molecule has 0 spiro atoms. The first-order valence-corrected chi connectivity index (χ1v) is 4.71. The highest BCUT2D eigenvalue weighted by Gasteiger charge is 2.33. The fourth-order valence-corrected chi connectivity index (χ4v) is 1.53. The van der Waals surface area contributed by atoms with Crippen molar-refractivity contribution < 1.29 is 35.5 Å². The maximum absolute atomic E-state index is 13.0. The van der Waals surface area contributed by atoms with E-state index in [2.05, 4.69) is 4.74 Å². The van der Waals surface area contributed by atoms with Crippen LogP contribution in [-0.2, 0) is 0 Å². The van der Waals surface area contributed by atoms with Gasteiger partial charge >= 0.3 is 12.1 Å². The summed E-state index contributed by atoms with van der Waals surface area (Å²) in [5.41, 5.74) is -4.83. The van der Waals surface area contributed by atoms with Gasteiger partial charge in [0.1, 0.15) is 0 Å². The smallest absolute Gasteiger partial charge is 0.430 e. The fourth-order valence-electron chi connectivity index (χ4n) is 0.918. The molecular weight excluding hydrogens is 277 g/mol. The van der Waals surface area contributed by atoms with E-state index < -0.39 is 46.2 Å². The Hall–Kier alpha value is -1.12. The van der Waals surface area contributed by atoms with Crippen LogP contribution in [0.5, 0.6) is 5.75 Å². The molecule has 0 N–H and O–H groups in total. The Labute approximate surface area is 94.6 Å². The first-order chi connectivity index (χ1) is 7.70. The van der Waals surface area contributed by atoms with Crippen LogP contribution in [0.1, 0.15) is 0 Å². The molecule has 0 heterocycles. The SMILES string of the molecule is Fc1ccc(SC(F)(F)F)c(OC(F)F)c1F. The van der Waals surface area contributed by atoms with Gasteiger partial charge in [0.15, 0.2) is 11.6 Å². The molecule has 0 amide bonds. The van der Waals surface area contributed by atoms with Gasteiger partial charge in [0.2, 0.25) is 5.82 Å². The fraction of sp³-hybridized carbons (Fsp3) is 0.250. The van der Waals surface area contributed by atoms with Crippen LogP contribution in [0.15, 0.2) is 17.0 Å². The van der Waals surface area contributed by atoms with E-state index in [1.165, 1.54) is 0 Å². The molecule has 1 rings (SSSR count). The average Bonchev–Trinajstić information content (AvgIpc) is 2.15. The van der Waals surface area contributed by atoms with Gasteiger partial charge in [-0.1, -0.05) is 0 Å². The predicted molar refractivity (Wildman–Crippen MR) is 44.9 cm³/mol. The standard InChI is InChI=1S/C8H3F7OS/c9-3-1-2-4(17-8(13,14)15)6(5(3)10)16-7(11)12/h1-2,7H. The molecule has 0 radical (unpaired) electrons. The minimum atomic E-state index is -4.83. The van der Waals surface area contributed by atoms with E-state index in [0.29, 0.717) is 12.1 Å². The second kappa shape index (κ2) is 5.03. The van der Waals surface area contributed by atoms with Crippen LogP contribution in [0.3, 0.4) is 0 Å². The molecular formula is C8H3F7OS. The van der Waals surface area contributed by atoms with Crippen molar-refractivity contribution in [1.29, 1.82) is 0 Å². The lowest BCUT2D eigenvalue weighted by atomic mass is 10.3. The summed E-state index contributed by atoms with van der Waals surface area (Å²) in [6.07, 6.45) is 0. The monoisotopic (exact) mass is 280 g/mol. The molecule has 0 fully saturated rings. The topological polar surface area (TPSA) is 9.23 Å². The van der Waals surface area contributed by atoms with Crippen molar-refractivity contribution in [3.63, 3.8) is 0 Å². The quantitative estimate of drug-likeness (QED) is 0.607. The molecule has 0 bridgehead atoms. The Balaban J connectivity index is 3.15. The molecule has 17 heavy (non-hydrogen) atoms. The molecule has 0 saturated carbocycles. The zero-order chi connectivity index (χ0) is 13.2. The van der Waals surface area contributed by atoms with Gasteiger partial charge in [-0.2, -0.15) is 26.3 Å². The first-order valence-electron chi connectivity index (χ1n) is 3.89. The Morgan fingerprint density at radius 2 is 1.71 bits per heavy atom. The zero-order valence-electron chi connectivity index (χ0n) is 7.69. The number of hydrogen-bond donors (Lipinski definition) is 0. The summed E-state index contributed by atoms with van der Waals surface area (Å²) in [5.74, 6) is -4.92. The lowest BCUT2D eigenvalue weighted by Crippen LogP contribution is -2.08. The Morgan fingerprint density at radius 3 is 2.18 bits per heavy atom. The Bertz CT molecular complexity index is 404. The van der Waals surface area contributed by atoms with Crippen molar-refractivity contribution in [2.45, 2.75) is 17.0 Å². The lowest BCUT2D eigenvalue weighted by molar-refractivity contribution is -0.0554. The van der Waals surface area contributed by atoms with Gasteiger partial charge in [0, 0.05) is 0 Å². The summed E-state index contributed by atoms with van der Waals surface area (Å²) in [6.45, 7) is -3.56. The van der Waals surface area contributed by atoms with Gasteiger partial charge in [-0.05, 0) is 23.9 Å². The summed E-state index contributed by atoms with van der Waals surface area (Å²) < 4.78 is 88.8. The predicted octanol–water partition coefficient (Wildman–Crippen LogP) is 4.18. The lowest BCUT2D eigenvalue weighted by Gasteiger charge is -2.12. The summed E-state index contributed by atoms with van der Waals surface area (Å²) in [7, 11) is 0. The van der Waals surface area contributed by atoms with Gasteiger partial charge < -0.3 is 4.74 Å². The van der Waals surface area contributed by atoms with Crippen LogP contribution in [-0.4, -0.2) is 12.1 Å². The van der Waals surface area contributed by atoms with Crippen molar-refractivity contribution in [3.8, 4) is 5.75 Å². The van der Waals surface area contributed by atoms with Crippen molar-refractivity contribution >= 4 is 11.8 Å². The van der Waals surface area contributed by atoms with E-state index >= 15 is 0 Å². The number of hydrogen-bond acceptors (Lipinski definition) is 2. The van der Waals surface area contributed by atoms with Crippen LogP contribution < -0.4 is 4.74 Å². The molecule has 0 saturated heterocycles. The molecule has 9 heteroatoms. The number of halogens is 7. The van der Waals surface area contributed by atoms with Gasteiger partial charge in [-0.25, -0.2) is 4.39 Å². The van der Waals surface area contributed by atoms with Gasteiger partial charge in [-0.3, -0.25) is 0 Å². The number of alkyl halides is 5. The normalized spacial score (nSPS) is 12.0. The van der Waals surface area contributed by atoms with E-state index in [1.807, 2.05) is 0 Å². The van der Waals surface area contributed by atoms with Gasteiger partial charge in [0.05, 0.1) is 4.90 Å². The van der Waals surface area contributed by atoms with Crippen LogP contribution in [0.25, 0.3) is 0 Å². The van der Waals surface area contributed by atoms with E-state index in [0.717, 1.165) is 0 Å². The number of ether oxygens (including phenoxy) is 1.